The van der Waals surface area contributed by atoms with Gasteiger partial charge in [0.25, 0.3) is 5.56 Å². The zero-order valence-corrected chi connectivity index (χ0v) is 21.4. The van der Waals surface area contributed by atoms with Crippen LogP contribution in [0.25, 0.3) is 11.2 Å². The van der Waals surface area contributed by atoms with Gasteiger partial charge in [0.05, 0.1) is 26.8 Å². The molecule has 1 saturated heterocycles. The molecular formula is C22H29F3N6O7. The molecule has 0 radical (unpaired) electrons. The zero-order valence-electron chi connectivity index (χ0n) is 21.4. The highest BCUT2D eigenvalue weighted by Crippen LogP contribution is 2.21. The fraction of sp³-hybridized carbons (Fsp3) is 0.591. The number of imidazole rings is 1. The number of hydrogen-bond acceptors (Lipinski definition) is 10. The van der Waals surface area contributed by atoms with Crippen molar-refractivity contribution in [2.75, 3.05) is 51.4 Å². The van der Waals surface area contributed by atoms with Crippen molar-refractivity contribution in [3.63, 3.8) is 0 Å². The predicted octanol–water partition coefficient (Wildman–Crippen LogP) is -0.474. The van der Waals surface area contributed by atoms with E-state index in [0.29, 0.717) is 37.4 Å². The first kappa shape index (κ1) is 30.4. The molecule has 210 valence electrons. The van der Waals surface area contributed by atoms with Gasteiger partial charge in [-0.15, -0.1) is 5.92 Å². The summed E-state index contributed by atoms with van der Waals surface area (Å²) in [5.74, 6) is 2.86. The number of hydrogen-bond donors (Lipinski definition) is 1. The van der Waals surface area contributed by atoms with Crippen LogP contribution < -0.4 is 26.3 Å². The summed E-state index contributed by atoms with van der Waals surface area (Å²) in [6.07, 6.45) is -5.37. The van der Waals surface area contributed by atoms with E-state index >= 15 is 0 Å². The highest BCUT2D eigenvalue weighted by Gasteiger charge is 2.43. The molecule has 1 aliphatic rings. The first-order valence-electron chi connectivity index (χ1n) is 11.5. The highest BCUT2D eigenvalue weighted by molar-refractivity contribution is 5.78. The third kappa shape index (κ3) is 7.35. The molecule has 16 heteroatoms. The average molecular weight is 547 g/mol. The number of anilines is 1. The lowest BCUT2D eigenvalue weighted by Crippen LogP contribution is -2.46. The average Bonchev–Trinajstić information content (AvgIpc) is 3.27. The second-order valence-electron chi connectivity index (χ2n) is 7.64. The number of nitrogens with zero attached hydrogens (tertiary/aromatic N) is 5. The first-order valence-corrected chi connectivity index (χ1v) is 11.5. The van der Waals surface area contributed by atoms with Crippen molar-refractivity contribution in [2.45, 2.75) is 40.0 Å². The van der Waals surface area contributed by atoms with Gasteiger partial charge in [-0.2, -0.15) is 18.2 Å². The van der Waals surface area contributed by atoms with Crippen LogP contribution in [0.5, 0.6) is 0 Å². The van der Waals surface area contributed by atoms with Crippen LogP contribution in [0, 0.1) is 11.8 Å². The number of fused-ring (bicyclic) bond motifs is 1. The molecule has 0 unspecified atom stereocenters. The van der Waals surface area contributed by atoms with Crippen LogP contribution in [-0.4, -0.2) is 83.5 Å². The molecule has 38 heavy (non-hydrogen) atoms. The van der Waals surface area contributed by atoms with E-state index in [4.69, 9.17) is 4.74 Å². The lowest BCUT2D eigenvalue weighted by molar-refractivity contribution is -0.200. The first-order chi connectivity index (χ1) is 18.0. The van der Waals surface area contributed by atoms with E-state index < -0.39 is 29.0 Å². The fourth-order valence-corrected chi connectivity index (χ4v) is 3.32. The lowest BCUT2D eigenvalue weighted by Gasteiger charge is -2.28. The topological polar surface area (TPSA) is 139 Å². The Morgan fingerprint density at radius 3 is 2.32 bits per heavy atom. The van der Waals surface area contributed by atoms with E-state index in [-0.39, 0.29) is 41.9 Å². The molecule has 2 aromatic heterocycles. The van der Waals surface area contributed by atoms with Crippen molar-refractivity contribution in [3.05, 3.63) is 20.8 Å². The molecule has 0 saturated carbocycles. The van der Waals surface area contributed by atoms with Gasteiger partial charge in [0.1, 0.15) is 0 Å². The normalized spacial score (nSPS) is 13.3. The van der Waals surface area contributed by atoms with Gasteiger partial charge in [-0.1, -0.05) is 10.7 Å². The number of aromatic nitrogens is 4. The minimum atomic E-state index is -5.37. The largest absolute Gasteiger partial charge is 0.493 e. The Morgan fingerprint density at radius 2 is 1.79 bits per heavy atom. The monoisotopic (exact) mass is 546 g/mol. The molecule has 13 nitrogen and oxygen atoms in total. The summed E-state index contributed by atoms with van der Waals surface area (Å²) >= 11 is 0. The Labute approximate surface area is 215 Å². The van der Waals surface area contributed by atoms with Crippen molar-refractivity contribution in [1.82, 2.24) is 24.2 Å². The summed E-state index contributed by atoms with van der Waals surface area (Å²) in [5, 5.41) is 3.16. The molecule has 3 heterocycles. The number of rotatable bonds is 7. The van der Waals surface area contributed by atoms with Gasteiger partial charge in [0.2, 0.25) is 11.6 Å². The lowest BCUT2D eigenvalue weighted by atomic mass is 10.4. The molecule has 0 atom stereocenters. The van der Waals surface area contributed by atoms with Crippen LogP contribution in [0.3, 0.4) is 0 Å². The summed E-state index contributed by atoms with van der Waals surface area (Å²) in [7, 11) is 1.35. The van der Waals surface area contributed by atoms with E-state index in [1.165, 1.54) is 18.6 Å². The summed E-state index contributed by atoms with van der Waals surface area (Å²) < 4.78 is 50.2. The Kier molecular flexibility index (Phi) is 10.9. The number of ether oxygens (including phenoxy) is 2. The van der Waals surface area contributed by atoms with Crippen LogP contribution in [0.2, 0.25) is 0 Å². The van der Waals surface area contributed by atoms with Gasteiger partial charge in [0, 0.05) is 39.7 Å². The Hall–Kier alpha value is -3.84. The second-order valence-corrected chi connectivity index (χ2v) is 7.64. The minimum Gasteiger partial charge on any atom is -0.469 e. The maximum absolute atomic E-state index is 13.2. The SMILES string of the molecule is CC#CCn1c(N2CCNCC2)nc2c1c(=O)n(CCOCC)c(=O)n2OC(=O)C(F)(F)F.COC(C)=O. The summed E-state index contributed by atoms with van der Waals surface area (Å²) in [6, 6.07) is 0. The summed E-state index contributed by atoms with van der Waals surface area (Å²) in [5.41, 5.74) is -2.79. The minimum absolute atomic E-state index is 0.0155. The maximum atomic E-state index is 13.2. The Morgan fingerprint density at radius 1 is 1.16 bits per heavy atom. The van der Waals surface area contributed by atoms with Crippen molar-refractivity contribution < 1.29 is 37.1 Å². The van der Waals surface area contributed by atoms with Gasteiger partial charge in [-0.25, -0.2) is 9.59 Å². The molecule has 0 aromatic carbocycles. The van der Waals surface area contributed by atoms with Crippen LogP contribution in [0.4, 0.5) is 19.1 Å². The van der Waals surface area contributed by atoms with E-state index in [2.05, 4.69) is 31.7 Å². The number of halogens is 3. The second kappa shape index (κ2) is 13.6. The number of esters is 1. The molecule has 0 aliphatic carbocycles. The third-order valence-electron chi connectivity index (χ3n) is 5.14. The molecule has 1 aliphatic heterocycles. The van der Waals surface area contributed by atoms with Crippen molar-refractivity contribution in [3.8, 4) is 11.8 Å². The van der Waals surface area contributed by atoms with Gasteiger partial charge in [-0.3, -0.25) is 18.7 Å². The zero-order chi connectivity index (χ0) is 28.5. The molecule has 3 rings (SSSR count). The van der Waals surface area contributed by atoms with Crippen LogP contribution in [0.15, 0.2) is 9.59 Å². The van der Waals surface area contributed by atoms with Gasteiger partial charge >= 0.3 is 23.8 Å². The van der Waals surface area contributed by atoms with E-state index in [0.717, 1.165) is 0 Å². The Balaban J connectivity index is 0.000000926. The van der Waals surface area contributed by atoms with Gasteiger partial charge in [-0.05, 0) is 13.8 Å². The number of alkyl halides is 3. The number of carbonyl (C=O) groups excluding carboxylic acids is 2. The molecule has 0 bridgehead atoms. The predicted molar refractivity (Wildman–Crippen MR) is 129 cm³/mol. The van der Waals surface area contributed by atoms with E-state index in [9.17, 15) is 32.3 Å². The smallest absolute Gasteiger partial charge is 0.469 e. The number of piperazine rings is 1. The fourth-order valence-electron chi connectivity index (χ4n) is 3.32. The van der Waals surface area contributed by atoms with E-state index in [1.807, 2.05) is 0 Å². The standard InChI is InChI=1S/C19H23F3N6O5.C3H6O2/c1-3-5-8-26-13-14(24-17(26)25-9-6-23-7-10-25)28(33-16(30)19(20,21)22)18(31)27(15(13)29)11-12-32-4-2;1-3(4)5-2/h23H,4,6-12H2,1-2H3;1-2H3. The van der Waals surface area contributed by atoms with Gasteiger partial charge < -0.3 is 24.5 Å². The molecule has 0 spiro atoms. The van der Waals surface area contributed by atoms with Gasteiger partial charge in [0.15, 0.2) is 5.52 Å². The third-order valence-corrected chi connectivity index (χ3v) is 5.14. The number of carbonyl (C=O) groups is 2. The van der Waals surface area contributed by atoms with Crippen molar-refractivity contribution in [1.29, 1.82) is 0 Å². The van der Waals surface area contributed by atoms with Crippen LogP contribution in [-0.2, 0) is 32.2 Å². The molecule has 0 amide bonds. The quantitative estimate of drug-likeness (QED) is 0.275. The number of methoxy groups -OCH3 is 1. The summed E-state index contributed by atoms with van der Waals surface area (Å²) in [6.45, 7) is 6.81. The molecule has 2 aromatic rings. The maximum Gasteiger partial charge on any atom is 0.493 e. The number of nitrogens with one attached hydrogen (secondary N) is 1. The molecule has 1 fully saturated rings. The molecular weight excluding hydrogens is 517 g/mol. The highest BCUT2D eigenvalue weighted by atomic mass is 19.4. The van der Waals surface area contributed by atoms with E-state index in [1.54, 1.807) is 18.7 Å². The van der Waals surface area contributed by atoms with Crippen molar-refractivity contribution in [2.24, 2.45) is 0 Å². The Bertz CT molecular complexity index is 1310. The molecule has 1 N–H and O–H groups in total. The van der Waals surface area contributed by atoms with Crippen LogP contribution in [0.1, 0.15) is 20.8 Å². The van der Waals surface area contributed by atoms with Crippen LogP contribution >= 0.6 is 0 Å². The summed E-state index contributed by atoms with van der Waals surface area (Å²) in [4.78, 5) is 57.7. The van der Waals surface area contributed by atoms with Crippen molar-refractivity contribution >= 4 is 29.1 Å².